The Kier molecular flexibility index (Phi) is 7.72. The predicted molar refractivity (Wildman–Crippen MR) is 78.6 cm³/mol. The van der Waals surface area contributed by atoms with E-state index in [2.05, 4.69) is 6.92 Å². The second kappa shape index (κ2) is 9.03. The number of rotatable bonds is 11. The molecule has 0 aromatic heterocycles. The van der Waals surface area contributed by atoms with Crippen molar-refractivity contribution in [1.29, 1.82) is 0 Å². The quantitative estimate of drug-likeness (QED) is 0.452. The Morgan fingerprint density at radius 2 is 1.76 bits per heavy atom. The predicted octanol–water partition coefficient (Wildman–Crippen LogP) is 3.24. The zero-order chi connectivity index (χ0) is 15.7. The van der Waals surface area contributed by atoms with Crippen LogP contribution in [0.25, 0.3) is 0 Å². The molecular weight excluding hydrogens is 272 g/mol. The van der Waals surface area contributed by atoms with E-state index >= 15 is 0 Å². The minimum Gasteiger partial charge on any atom is -0.481 e. The molecule has 0 aromatic carbocycles. The van der Waals surface area contributed by atoms with E-state index in [1.807, 2.05) is 0 Å². The number of carbonyl (C=O) groups is 2. The summed E-state index contributed by atoms with van der Waals surface area (Å²) in [5.41, 5.74) is 0. The van der Waals surface area contributed by atoms with Gasteiger partial charge in [0.1, 0.15) is 5.92 Å². The lowest BCUT2D eigenvalue weighted by Gasteiger charge is -2.27. The van der Waals surface area contributed by atoms with Crippen LogP contribution in [0.4, 0.5) is 0 Å². The Labute approximate surface area is 126 Å². The number of carbonyl (C=O) groups excluding carboxylic acids is 1. The van der Waals surface area contributed by atoms with Crippen molar-refractivity contribution in [3.05, 3.63) is 0 Å². The number of ether oxygens (including phenoxy) is 1. The number of hydrogen-bond acceptors (Lipinski definition) is 4. The molecule has 1 heterocycles. The summed E-state index contributed by atoms with van der Waals surface area (Å²) in [6.45, 7) is 2.19. The number of unbranched alkanes of at least 4 members (excludes halogenated alkanes) is 7. The van der Waals surface area contributed by atoms with Crippen LogP contribution in [0.2, 0.25) is 0 Å². The first-order valence-electron chi connectivity index (χ1n) is 8.16. The Balaban J connectivity index is 2.23. The van der Waals surface area contributed by atoms with Gasteiger partial charge in [0, 0.05) is 6.42 Å². The van der Waals surface area contributed by atoms with Crippen molar-refractivity contribution in [3.63, 3.8) is 0 Å². The standard InChI is InChI=1S/C16H28O5/c1-2-3-4-5-6-7-8-9-10-13(15(18)19)16(20)12-11-14(17)21-16/h13,20H,2-12H2,1H3,(H,18,19). The summed E-state index contributed by atoms with van der Waals surface area (Å²) in [4.78, 5) is 22.4. The summed E-state index contributed by atoms with van der Waals surface area (Å²) in [5, 5.41) is 19.4. The fourth-order valence-electron chi connectivity index (χ4n) is 2.85. The molecule has 1 aliphatic heterocycles. The molecule has 0 aromatic rings. The van der Waals surface area contributed by atoms with Crippen molar-refractivity contribution in [3.8, 4) is 0 Å². The van der Waals surface area contributed by atoms with E-state index in [-0.39, 0.29) is 12.8 Å². The summed E-state index contributed by atoms with van der Waals surface area (Å²) >= 11 is 0. The van der Waals surface area contributed by atoms with E-state index in [9.17, 15) is 19.8 Å². The van der Waals surface area contributed by atoms with Gasteiger partial charge in [0.05, 0.1) is 6.42 Å². The normalized spacial score (nSPS) is 23.0. The molecule has 21 heavy (non-hydrogen) atoms. The summed E-state index contributed by atoms with van der Waals surface area (Å²) in [6, 6.07) is 0. The van der Waals surface area contributed by atoms with E-state index in [4.69, 9.17) is 4.74 Å². The third-order valence-corrected chi connectivity index (χ3v) is 4.17. The fraction of sp³-hybridized carbons (Fsp3) is 0.875. The van der Waals surface area contributed by atoms with Gasteiger partial charge in [-0.15, -0.1) is 0 Å². The molecule has 2 N–H and O–H groups in total. The van der Waals surface area contributed by atoms with Gasteiger partial charge in [0.2, 0.25) is 5.79 Å². The second-order valence-electron chi connectivity index (χ2n) is 5.97. The topological polar surface area (TPSA) is 83.8 Å². The monoisotopic (exact) mass is 300 g/mol. The molecule has 1 fully saturated rings. The van der Waals surface area contributed by atoms with Crippen LogP contribution < -0.4 is 0 Å². The van der Waals surface area contributed by atoms with Crippen LogP contribution in [-0.4, -0.2) is 27.9 Å². The number of carboxylic acids is 1. The van der Waals surface area contributed by atoms with Crippen LogP contribution in [0, 0.1) is 5.92 Å². The molecule has 0 spiro atoms. The zero-order valence-corrected chi connectivity index (χ0v) is 13.0. The lowest BCUT2D eigenvalue weighted by atomic mass is 9.90. The first kappa shape index (κ1) is 18.0. The average molecular weight is 300 g/mol. The van der Waals surface area contributed by atoms with Gasteiger partial charge in [-0.3, -0.25) is 9.59 Å². The van der Waals surface area contributed by atoms with E-state index in [0.29, 0.717) is 6.42 Å². The van der Waals surface area contributed by atoms with Crippen LogP contribution in [0.15, 0.2) is 0 Å². The highest BCUT2D eigenvalue weighted by Crippen LogP contribution is 2.34. The molecule has 1 rings (SSSR count). The Morgan fingerprint density at radius 3 is 2.24 bits per heavy atom. The lowest BCUT2D eigenvalue weighted by Crippen LogP contribution is -2.42. The average Bonchev–Trinajstić information content (AvgIpc) is 2.77. The Hall–Kier alpha value is -1.10. The fourth-order valence-corrected chi connectivity index (χ4v) is 2.85. The van der Waals surface area contributed by atoms with Crippen molar-refractivity contribution in [2.75, 3.05) is 0 Å². The molecule has 5 heteroatoms. The van der Waals surface area contributed by atoms with E-state index < -0.39 is 23.6 Å². The molecule has 122 valence electrons. The highest BCUT2D eigenvalue weighted by molar-refractivity contribution is 5.76. The molecule has 0 aliphatic carbocycles. The summed E-state index contributed by atoms with van der Waals surface area (Å²) in [6.07, 6.45) is 9.51. The summed E-state index contributed by atoms with van der Waals surface area (Å²) in [7, 11) is 0. The molecule has 5 nitrogen and oxygen atoms in total. The second-order valence-corrected chi connectivity index (χ2v) is 5.97. The number of esters is 1. The third kappa shape index (κ3) is 6.04. The van der Waals surface area contributed by atoms with Crippen molar-refractivity contribution in [2.24, 2.45) is 5.92 Å². The number of carboxylic acid groups (broad SMARTS) is 1. The SMILES string of the molecule is CCCCCCCCCCC(C(=O)O)C1(O)CCC(=O)O1. The van der Waals surface area contributed by atoms with Crippen LogP contribution in [0.5, 0.6) is 0 Å². The van der Waals surface area contributed by atoms with Gasteiger partial charge < -0.3 is 14.9 Å². The summed E-state index contributed by atoms with van der Waals surface area (Å²) < 4.78 is 4.83. The third-order valence-electron chi connectivity index (χ3n) is 4.17. The van der Waals surface area contributed by atoms with Crippen molar-refractivity contribution < 1.29 is 24.5 Å². The minimum atomic E-state index is -1.80. The maximum Gasteiger partial charge on any atom is 0.313 e. The molecule has 1 saturated heterocycles. The smallest absolute Gasteiger partial charge is 0.313 e. The van der Waals surface area contributed by atoms with Gasteiger partial charge in [0.15, 0.2) is 0 Å². The molecule has 0 amide bonds. The zero-order valence-electron chi connectivity index (χ0n) is 13.0. The molecule has 0 bridgehead atoms. The Morgan fingerprint density at radius 1 is 1.19 bits per heavy atom. The van der Waals surface area contributed by atoms with Gasteiger partial charge in [-0.05, 0) is 6.42 Å². The van der Waals surface area contributed by atoms with Gasteiger partial charge in [0.25, 0.3) is 0 Å². The molecule has 0 saturated carbocycles. The molecule has 2 unspecified atom stereocenters. The van der Waals surface area contributed by atoms with E-state index in [1.54, 1.807) is 0 Å². The maximum absolute atomic E-state index is 11.3. The Bertz CT molecular complexity index is 342. The minimum absolute atomic E-state index is 0.0832. The van der Waals surface area contributed by atoms with Crippen LogP contribution in [0.1, 0.15) is 77.6 Å². The molecule has 0 radical (unpaired) electrons. The number of hydrogen-bond donors (Lipinski definition) is 2. The van der Waals surface area contributed by atoms with Gasteiger partial charge in [-0.2, -0.15) is 0 Å². The molecule has 1 aliphatic rings. The highest BCUT2D eigenvalue weighted by Gasteiger charge is 2.48. The van der Waals surface area contributed by atoms with Crippen molar-refractivity contribution in [2.45, 2.75) is 83.3 Å². The van der Waals surface area contributed by atoms with Crippen LogP contribution in [0.3, 0.4) is 0 Å². The van der Waals surface area contributed by atoms with Gasteiger partial charge >= 0.3 is 11.9 Å². The summed E-state index contributed by atoms with van der Waals surface area (Å²) in [5.74, 6) is -4.41. The molecule has 2 atom stereocenters. The van der Waals surface area contributed by atoms with E-state index in [0.717, 1.165) is 19.3 Å². The number of cyclic esters (lactones) is 1. The van der Waals surface area contributed by atoms with Gasteiger partial charge in [-0.1, -0.05) is 58.3 Å². The largest absolute Gasteiger partial charge is 0.481 e. The first-order chi connectivity index (χ1) is 9.99. The maximum atomic E-state index is 11.3. The number of aliphatic hydroxyl groups is 1. The van der Waals surface area contributed by atoms with Crippen LogP contribution >= 0.6 is 0 Å². The lowest BCUT2D eigenvalue weighted by molar-refractivity contribution is -0.216. The number of aliphatic carboxylic acids is 1. The molecular formula is C16H28O5. The van der Waals surface area contributed by atoms with Crippen LogP contribution in [-0.2, 0) is 14.3 Å². The highest BCUT2D eigenvalue weighted by atomic mass is 16.7. The van der Waals surface area contributed by atoms with Crippen molar-refractivity contribution >= 4 is 11.9 Å². The van der Waals surface area contributed by atoms with E-state index in [1.165, 1.54) is 32.1 Å². The van der Waals surface area contributed by atoms with Gasteiger partial charge in [-0.25, -0.2) is 0 Å². The first-order valence-corrected chi connectivity index (χ1v) is 8.16. The van der Waals surface area contributed by atoms with Crippen molar-refractivity contribution in [1.82, 2.24) is 0 Å².